The molecule has 1 aromatic carbocycles. The van der Waals surface area contributed by atoms with E-state index >= 15 is 0 Å². The molecule has 0 aromatic heterocycles. The summed E-state index contributed by atoms with van der Waals surface area (Å²) in [6.07, 6.45) is 0.814. The van der Waals surface area contributed by atoms with Crippen molar-refractivity contribution in [3.63, 3.8) is 0 Å². The lowest BCUT2D eigenvalue weighted by Crippen LogP contribution is -2.52. The molecule has 1 unspecified atom stereocenters. The predicted octanol–water partition coefficient (Wildman–Crippen LogP) is 2.18. The molecule has 0 spiro atoms. The van der Waals surface area contributed by atoms with Gasteiger partial charge in [-0.25, -0.2) is 0 Å². The molecule has 2 aliphatic rings. The third-order valence-corrected chi connectivity index (χ3v) is 5.63. The zero-order chi connectivity index (χ0) is 20.6. The van der Waals surface area contributed by atoms with Gasteiger partial charge in [0.1, 0.15) is 13.2 Å². The Morgan fingerprint density at radius 3 is 2.62 bits per heavy atom. The van der Waals surface area contributed by atoms with Crippen LogP contribution in [0.5, 0.6) is 11.5 Å². The zero-order valence-electron chi connectivity index (χ0n) is 17.7. The molecular formula is C21H33ClN4O3. The van der Waals surface area contributed by atoms with Gasteiger partial charge in [0, 0.05) is 39.3 Å². The van der Waals surface area contributed by atoms with Crippen LogP contribution in [0.15, 0.2) is 17.1 Å². The highest BCUT2D eigenvalue weighted by molar-refractivity contribution is 6.32. The number of ether oxygens (including phenoxy) is 3. The van der Waals surface area contributed by atoms with E-state index in [1.165, 1.54) is 0 Å². The van der Waals surface area contributed by atoms with Crippen LogP contribution in [0.2, 0.25) is 5.02 Å². The summed E-state index contributed by atoms with van der Waals surface area (Å²) >= 11 is 6.33. The maximum Gasteiger partial charge on any atom is 0.191 e. The molecule has 3 rings (SSSR count). The first-order chi connectivity index (χ1) is 14.1. The second kappa shape index (κ2) is 10.9. The van der Waals surface area contributed by atoms with Crippen molar-refractivity contribution in [2.45, 2.75) is 26.3 Å². The average Bonchev–Trinajstić information content (AvgIpc) is 2.73. The highest BCUT2D eigenvalue weighted by Crippen LogP contribution is 2.38. The molecule has 162 valence electrons. The predicted molar refractivity (Wildman–Crippen MR) is 117 cm³/mol. The fraction of sp³-hybridized carbons (Fsp3) is 0.667. The van der Waals surface area contributed by atoms with Gasteiger partial charge in [0.2, 0.25) is 0 Å². The van der Waals surface area contributed by atoms with E-state index in [4.69, 9.17) is 25.8 Å². The Bertz CT molecular complexity index is 693. The number of aliphatic imine (C=N–C) groups is 1. The van der Waals surface area contributed by atoms with E-state index in [0.717, 1.165) is 63.1 Å². The first-order valence-electron chi connectivity index (χ1n) is 10.4. The number of morpholine rings is 1. The van der Waals surface area contributed by atoms with Crippen molar-refractivity contribution in [3.05, 3.63) is 22.7 Å². The Kier molecular flexibility index (Phi) is 8.27. The molecule has 0 saturated carbocycles. The van der Waals surface area contributed by atoms with Crippen LogP contribution in [-0.2, 0) is 11.2 Å². The van der Waals surface area contributed by atoms with Crippen LogP contribution < -0.4 is 20.1 Å². The van der Waals surface area contributed by atoms with Gasteiger partial charge in [-0.1, -0.05) is 25.4 Å². The third-order valence-electron chi connectivity index (χ3n) is 5.35. The quantitative estimate of drug-likeness (QED) is 0.516. The number of rotatable bonds is 7. The molecule has 1 saturated heterocycles. The zero-order valence-corrected chi connectivity index (χ0v) is 18.4. The van der Waals surface area contributed by atoms with Crippen LogP contribution in [0, 0.1) is 5.92 Å². The van der Waals surface area contributed by atoms with Gasteiger partial charge in [-0.2, -0.15) is 0 Å². The van der Waals surface area contributed by atoms with Crippen LogP contribution in [0.25, 0.3) is 0 Å². The van der Waals surface area contributed by atoms with Crippen molar-refractivity contribution in [1.29, 1.82) is 0 Å². The highest BCUT2D eigenvalue weighted by Gasteiger charge is 2.24. The summed E-state index contributed by atoms with van der Waals surface area (Å²) < 4.78 is 16.7. The molecule has 0 radical (unpaired) electrons. The molecule has 1 fully saturated rings. The van der Waals surface area contributed by atoms with Crippen molar-refractivity contribution in [1.82, 2.24) is 15.5 Å². The molecule has 1 aromatic rings. The summed E-state index contributed by atoms with van der Waals surface area (Å²) in [5.41, 5.74) is 1.11. The molecule has 2 heterocycles. The van der Waals surface area contributed by atoms with Crippen LogP contribution in [-0.4, -0.2) is 76.6 Å². The lowest BCUT2D eigenvalue weighted by Gasteiger charge is -2.37. The summed E-state index contributed by atoms with van der Waals surface area (Å²) in [5.74, 6) is 2.74. The summed E-state index contributed by atoms with van der Waals surface area (Å²) in [5, 5.41) is 7.48. The van der Waals surface area contributed by atoms with Crippen molar-refractivity contribution in [3.8, 4) is 11.5 Å². The minimum Gasteiger partial charge on any atom is -0.486 e. The SMILES string of the molecule is CN=C(NCCc1cc(Cl)c2c(c1)OCCO2)NCC(C(C)C)N1CCOCC1. The van der Waals surface area contributed by atoms with E-state index in [1.54, 1.807) is 7.05 Å². The van der Waals surface area contributed by atoms with E-state index in [9.17, 15) is 0 Å². The van der Waals surface area contributed by atoms with Crippen LogP contribution in [0.1, 0.15) is 19.4 Å². The number of halogens is 1. The number of hydrogen-bond acceptors (Lipinski definition) is 5. The maximum absolute atomic E-state index is 6.33. The minimum atomic E-state index is 0.453. The number of hydrogen-bond donors (Lipinski definition) is 2. The second-order valence-corrected chi connectivity index (χ2v) is 8.10. The lowest BCUT2D eigenvalue weighted by molar-refractivity contribution is 0.00752. The number of benzene rings is 1. The smallest absolute Gasteiger partial charge is 0.191 e. The highest BCUT2D eigenvalue weighted by atomic mass is 35.5. The summed E-state index contributed by atoms with van der Waals surface area (Å²) in [7, 11) is 1.80. The van der Waals surface area contributed by atoms with Crippen molar-refractivity contribution in [2.75, 3.05) is 59.7 Å². The number of nitrogens with one attached hydrogen (secondary N) is 2. The van der Waals surface area contributed by atoms with Gasteiger partial charge in [0.15, 0.2) is 17.5 Å². The van der Waals surface area contributed by atoms with Gasteiger partial charge in [0.25, 0.3) is 0 Å². The van der Waals surface area contributed by atoms with Crippen LogP contribution >= 0.6 is 11.6 Å². The molecule has 0 bridgehead atoms. The Balaban J connectivity index is 1.48. The first kappa shape index (κ1) is 22.0. The Morgan fingerprint density at radius 2 is 1.90 bits per heavy atom. The monoisotopic (exact) mass is 424 g/mol. The third kappa shape index (κ3) is 6.14. The maximum atomic E-state index is 6.33. The lowest BCUT2D eigenvalue weighted by atomic mass is 10.0. The number of guanidine groups is 1. The standard InChI is InChI=1S/C21H33ClN4O3/c1-15(2)18(26-6-8-27-9-7-26)14-25-21(23-3)24-5-4-16-12-17(22)20-19(13-16)28-10-11-29-20/h12-13,15,18H,4-11,14H2,1-3H3,(H2,23,24,25). The van der Waals surface area contributed by atoms with E-state index < -0.39 is 0 Å². The summed E-state index contributed by atoms with van der Waals surface area (Å²) in [4.78, 5) is 6.87. The molecule has 0 amide bonds. The fourth-order valence-electron chi connectivity index (χ4n) is 3.75. The molecule has 8 heteroatoms. The molecular weight excluding hydrogens is 392 g/mol. The molecule has 0 aliphatic carbocycles. The molecule has 1 atom stereocenters. The van der Waals surface area contributed by atoms with Crippen LogP contribution in [0.4, 0.5) is 0 Å². The topological polar surface area (TPSA) is 67.4 Å². The van der Waals surface area contributed by atoms with E-state index in [0.29, 0.717) is 35.9 Å². The summed E-state index contributed by atoms with van der Waals surface area (Å²) in [6, 6.07) is 4.40. The first-order valence-corrected chi connectivity index (χ1v) is 10.8. The van der Waals surface area contributed by atoms with E-state index in [1.807, 2.05) is 12.1 Å². The van der Waals surface area contributed by atoms with Gasteiger partial charge in [-0.3, -0.25) is 9.89 Å². The van der Waals surface area contributed by atoms with E-state index in [-0.39, 0.29) is 0 Å². The molecule has 2 N–H and O–H groups in total. The normalized spacial score (nSPS) is 18.6. The second-order valence-electron chi connectivity index (χ2n) is 7.69. The Hall–Kier alpha value is -1.70. The fourth-order valence-corrected chi connectivity index (χ4v) is 4.04. The van der Waals surface area contributed by atoms with Gasteiger partial charge < -0.3 is 24.8 Å². The van der Waals surface area contributed by atoms with Crippen molar-refractivity contribution < 1.29 is 14.2 Å². The number of fused-ring (bicyclic) bond motifs is 1. The van der Waals surface area contributed by atoms with Gasteiger partial charge in [0.05, 0.1) is 18.2 Å². The van der Waals surface area contributed by atoms with Crippen molar-refractivity contribution >= 4 is 17.6 Å². The largest absolute Gasteiger partial charge is 0.486 e. The van der Waals surface area contributed by atoms with Crippen molar-refractivity contribution in [2.24, 2.45) is 10.9 Å². The molecule has 29 heavy (non-hydrogen) atoms. The van der Waals surface area contributed by atoms with Gasteiger partial charge in [-0.05, 0) is 30.0 Å². The minimum absolute atomic E-state index is 0.453. The molecule has 2 aliphatic heterocycles. The Labute approximate surface area is 178 Å². The van der Waals surface area contributed by atoms with Crippen LogP contribution in [0.3, 0.4) is 0 Å². The van der Waals surface area contributed by atoms with Gasteiger partial charge in [-0.15, -0.1) is 0 Å². The average molecular weight is 425 g/mol. The van der Waals surface area contributed by atoms with E-state index in [2.05, 4.69) is 34.4 Å². The van der Waals surface area contributed by atoms with Gasteiger partial charge >= 0.3 is 0 Å². The Morgan fingerprint density at radius 1 is 1.14 bits per heavy atom. The summed E-state index contributed by atoms with van der Waals surface area (Å²) in [6.45, 7) is 10.8. The molecule has 7 nitrogen and oxygen atoms in total. The number of nitrogens with zero attached hydrogens (tertiary/aromatic N) is 2.